The van der Waals surface area contributed by atoms with E-state index in [9.17, 15) is 4.79 Å². The average molecular weight is 292 g/mol. The van der Waals surface area contributed by atoms with Gasteiger partial charge >= 0.3 is 0 Å². The summed E-state index contributed by atoms with van der Waals surface area (Å²) in [6, 6.07) is 16.8. The number of rotatable bonds is 3. The number of ether oxygens (including phenoxy) is 1. The molecular weight excluding hydrogens is 276 g/mol. The zero-order chi connectivity index (χ0) is 15.5. The van der Waals surface area contributed by atoms with E-state index in [0.717, 1.165) is 12.1 Å². The summed E-state index contributed by atoms with van der Waals surface area (Å²) in [6.45, 7) is 2.45. The van der Waals surface area contributed by atoms with Crippen molar-refractivity contribution in [2.45, 2.75) is 19.4 Å². The van der Waals surface area contributed by atoms with E-state index < -0.39 is 6.10 Å². The van der Waals surface area contributed by atoms with Crippen LogP contribution < -0.4 is 9.64 Å². The van der Waals surface area contributed by atoms with E-state index in [2.05, 4.69) is 12.1 Å². The molecule has 0 N–H and O–H groups in total. The number of nitrogens with zero attached hydrogens (tertiary/aromatic N) is 2. The predicted molar refractivity (Wildman–Crippen MR) is 83.7 cm³/mol. The van der Waals surface area contributed by atoms with E-state index in [-0.39, 0.29) is 5.91 Å². The number of hydrogen-bond donors (Lipinski definition) is 0. The maximum Gasteiger partial charge on any atom is 0.267 e. The van der Waals surface area contributed by atoms with Crippen molar-refractivity contribution < 1.29 is 9.53 Å². The summed E-state index contributed by atoms with van der Waals surface area (Å²) >= 11 is 0. The molecule has 3 rings (SSSR count). The van der Waals surface area contributed by atoms with Crippen molar-refractivity contribution in [3.8, 4) is 11.8 Å². The lowest BCUT2D eigenvalue weighted by Crippen LogP contribution is -2.39. The average Bonchev–Trinajstić information content (AvgIpc) is 2.99. The van der Waals surface area contributed by atoms with Gasteiger partial charge in [0, 0.05) is 12.2 Å². The molecular formula is C18H16N2O2. The molecule has 0 saturated carbocycles. The van der Waals surface area contributed by atoms with Gasteiger partial charge in [0.2, 0.25) is 0 Å². The molecule has 1 aliphatic rings. The van der Waals surface area contributed by atoms with Crippen molar-refractivity contribution in [1.29, 1.82) is 5.26 Å². The lowest BCUT2D eigenvalue weighted by molar-refractivity contribution is -0.124. The molecule has 0 unspecified atom stereocenters. The highest BCUT2D eigenvalue weighted by Gasteiger charge is 2.28. The molecule has 110 valence electrons. The van der Waals surface area contributed by atoms with Gasteiger partial charge in [0.25, 0.3) is 5.91 Å². The Bertz CT molecular complexity index is 731. The molecule has 0 fully saturated rings. The minimum Gasteiger partial charge on any atom is -0.481 e. The SMILES string of the molecule is C[C@H](Oc1ccc(C#N)cc1)C(=O)N1CCc2ccccc21. The number of benzene rings is 2. The number of anilines is 1. The first-order valence-electron chi connectivity index (χ1n) is 7.25. The van der Waals surface area contributed by atoms with Crippen LogP contribution in [0.25, 0.3) is 0 Å². The molecule has 1 aliphatic heterocycles. The smallest absolute Gasteiger partial charge is 0.267 e. The zero-order valence-corrected chi connectivity index (χ0v) is 12.3. The third-order valence-corrected chi connectivity index (χ3v) is 3.80. The molecule has 1 amide bonds. The van der Waals surface area contributed by atoms with Gasteiger partial charge in [-0.3, -0.25) is 4.79 Å². The van der Waals surface area contributed by atoms with E-state index in [1.807, 2.05) is 18.2 Å². The second-order valence-corrected chi connectivity index (χ2v) is 5.26. The van der Waals surface area contributed by atoms with E-state index in [0.29, 0.717) is 17.9 Å². The molecule has 1 atom stereocenters. The van der Waals surface area contributed by atoms with Crippen LogP contribution in [0.2, 0.25) is 0 Å². The largest absolute Gasteiger partial charge is 0.481 e. The van der Waals surface area contributed by atoms with Gasteiger partial charge in [-0.25, -0.2) is 0 Å². The van der Waals surface area contributed by atoms with Crippen LogP contribution in [0.1, 0.15) is 18.1 Å². The van der Waals surface area contributed by atoms with Gasteiger partial charge in [0.15, 0.2) is 6.10 Å². The van der Waals surface area contributed by atoms with E-state index in [1.165, 1.54) is 5.56 Å². The number of nitriles is 1. The van der Waals surface area contributed by atoms with Crippen LogP contribution in [0.4, 0.5) is 5.69 Å². The van der Waals surface area contributed by atoms with Gasteiger partial charge in [0.1, 0.15) is 5.75 Å². The third-order valence-electron chi connectivity index (χ3n) is 3.80. The molecule has 0 spiro atoms. The summed E-state index contributed by atoms with van der Waals surface area (Å²) in [5, 5.41) is 8.78. The first-order valence-corrected chi connectivity index (χ1v) is 7.25. The molecule has 0 radical (unpaired) electrons. The number of carbonyl (C=O) groups is 1. The van der Waals surface area contributed by atoms with E-state index >= 15 is 0 Å². The summed E-state index contributed by atoms with van der Waals surface area (Å²) in [7, 11) is 0. The Kier molecular flexibility index (Phi) is 3.80. The fourth-order valence-corrected chi connectivity index (χ4v) is 2.65. The van der Waals surface area contributed by atoms with E-state index in [4.69, 9.17) is 10.00 Å². The van der Waals surface area contributed by atoms with Crippen LogP contribution in [0.3, 0.4) is 0 Å². The minimum atomic E-state index is -0.570. The van der Waals surface area contributed by atoms with Gasteiger partial charge in [-0.15, -0.1) is 0 Å². The Morgan fingerprint density at radius 1 is 1.23 bits per heavy atom. The lowest BCUT2D eigenvalue weighted by atomic mass is 10.2. The predicted octanol–water partition coefficient (Wildman–Crippen LogP) is 2.91. The van der Waals surface area contributed by atoms with Crippen molar-refractivity contribution in [2.75, 3.05) is 11.4 Å². The monoisotopic (exact) mass is 292 g/mol. The topological polar surface area (TPSA) is 53.3 Å². The standard InChI is InChI=1S/C18H16N2O2/c1-13(22-16-8-6-14(12-19)7-9-16)18(21)20-11-10-15-4-2-3-5-17(15)20/h2-9,13H,10-11H2,1H3/t13-/m0/s1. The van der Waals surface area contributed by atoms with Crippen molar-refractivity contribution in [2.24, 2.45) is 0 Å². The van der Waals surface area contributed by atoms with Crippen molar-refractivity contribution in [3.05, 3.63) is 59.7 Å². The van der Waals surface area contributed by atoms with Crippen LogP contribution >= 0.6 is 0 Å². The number of amides is 1. The van der Waals surface area contributed by atoms with Crippen LogP contribution in [-0.2, 0) is 11.2 Å². The van der Waals surface area contributed by atoms with Crippen LogP contribution in [0, 0.1) is 11.3 Å². The maximum absolute atomic E-state index is 12.6. The van der Waals surface area contributed by atoms with Crippen molar-refractivity contribution in [3.63, 3.8) is 0 Å². The van der Waals surface area contributed by atoms with Crippen LogP contribution in [0.5, 0.6) is 5.75 Å². The first-order chi connectivity index (χ1) is 10.7. The molecule has 2 aromatic carbocycles. The molecule has 0 saturated heterocycles. The summed E-state index contributed by atoms with van der Waals surface area (Å²) in [4.78, 5) is 14.4. The van der Waals surface area contributed by atoms with Gasteiger partial charge in [-0.1, -0.05) is 18.2 Å². The van der Waals surface area contributed by atoms with Crippen LogP contribution in [0.15, 0.2) is 48.5 Å². The molecule has 4 heteroatoms. The number of fused-ring (bicyclic) bond motifs is 1. The second kappa shape index (κ2) is 5.90. The van der Waals surface area contributed by atoms with Crippen molar-refractivity contribution in [1.82, 2.24) is 0 Å². The molecule has 4 nitrogen and oxygen atoms in total. The van der Waals surface area contributed by atoms with Gasteiger partial charge in [-0.05, 0) is 49.2 Å². The third kappa shape index (κ3) is 2.66. The number of hydrogen-bond acceptors (Lipinski definition) is 3. The highest BCUT2D eigenvalue weighted by atomic mass is 16.5. The van der Waals surface area contributed by atoms with Gasteiger partial charge in [0.05, 0.1) is 11.6 Å². The Morgan fingerprint density at radius 2 is 1.95 bits per heavy atom. The maximum atomic E-state index is 12.6. The normalized spacial score (nSPS) is 14.1. The first kappa shape index (κ1) is 14.2. The molecule has 0 aromatic heterocycles. The molecule has 0 bridgehead atoms. The minimum absolute atomic E-state index is 0.0469. The summed E-state index contributed by atoms with van der Waals surface area (Å²) in [6.07, 6.45) is 0.310. The number of para-hydroxylation sites is 1. The molecule has 0 aliphatic carbocycles. The van der Waals surface area contributed by atoms with Gasteiger partial charge in [-0.2, -0.15) is 5.26 Å². The highest BCUT2D eigenvalue weighted by Crippen LogP contribution is 2.28. The fraction of sp³-hybridized carbons (Fsp3) is 0.222. The lowest BCUT2D eigenvalue weighted by Gasteiger charge is -2.22. The highest BCUT2D eigenvalue weighted by molar-refractivity contribution is 5.98. The summed E-state index contributed by atoms with van der Waals surface area (Å²) < 4.78 is 5.70. The Hall–Kier alpha value is -2.80. The summed E-state index contributed by atoms with van der Waals surface area (Å²) in [5.41, 5.74) is 2.74. The zero-order valence-electron chi connectivity index (χ0n) is 12.3. The van der Waals surface area contributed by atoms with E-state index in [1.54, 1.807) is 36.1 Å². The Balaban J connectivity index is 1.71. The van der Waals surface area contributed by atoms with Crippen LogP contribution in [-0.4, -0.2) is 18.6 Å². The molecule has 2 aromatic rings. The van der Waals surface area contributed by atoms with Crippen molar-refractivity contribution >= 4 is 11.6 Å². The molecule has 22 heavy (non-hydrogen) atoms. The quantitative estimate of drug-likeness (QED) is 0.874. The summed E-state index contributed by atoms with van der Waals surface area (Å²) in [5.74, 6) is 0.543. The number of carbonyl (C=O) groups excluding carboxylic acids is 1. The second-order valence-electron chi connectivity index (χ2n) is 5.26. The molecule has 1 heterocycles. The Morgan fingerprint density at radius 3 is 2.68 bits per heavy atom. The fourth-order valence-electron chi connectivity index (χ4n) is 2.65. The Labute approximate surface area is 129 Å². The van der Waals surface area contributed by atoms with Gasteiger partial charge < -0.3 is 9.64 Å².